The predicted octanol–water partition coefficient (Wildman–Crippen LogP) is 4.13. The smallest absolute Gasteiger partial charge is 0.251 e. The zero-order chi connectivity index (χ0) is 21.6. The molecule has 4 rings (SSSR count). The standard InChI is InChI=1S/C22H25N5O3S/c1-23-21(29)15-7-5-8-16(13-15)24-19(28)14-31-22-26-25-20(18-11-6-12-30-18)27(22)17-9-3-2-4-10-17/h5-8,11-13,17H,2-4,9-10,14H2,1H3,(H,23,29)(H,24,28). The number of nitrogens with zero attached hydrogens (tertiary/aromatic N) is 3. The second-order valence-electron chi connectivity index (χ2n) is 7.44. The van der Waals surface area contributed by atoms with E-state index in [-0.39, 0.29) is 17.6 Å². The van der Waals surface area contributed by atoms with E-state index in [0.29, 0.717) is 34.0 Å². The summed E-state index contributed by atoms with van der Waals surface area (Å²) in [4.78, 5) is 24.3. The molecule has 1 aromatic carbocycles. The van der Waals surface area contributed by atoms with Crippen LogP contribution in [0.15, 0.2) is 52.2 Å². The van der Waals surface area contributed by atoms with E-state index < -0.39 is 0 Å². The number of anilines is 1. The number of carbonyl (C=O) groups excluding carboxylic acids is 2. The Hall–Kier alpha value is -3.07. The molecule has 31 heavy (non-hydrogen) atoms. The zero-order valence-electron chi connectivity index (χ0n) is 17.3. The molecule has 2 amide bonds. The fraction of sp³-hybridized carbons (Fsp3) is 0.364. The maximum atomic E-state index is 12.6. The molecule has 2 aromatic heterocycles. The van der Waals surface area contributed by atoms with Gasteiger partial charge in [-0.25, -0.2) is 0 Å². The number of benzene rings is 1. The number of nitrogens with one attached hydrogen (secondary N) is 2. The molecule has 0 radical (unpaired) electrons. The lowest BCUT2D eigenvalue weighted by atomic mass is 9.95. The van der Waals surface area contributed by atoms with Crippen molar-refractivity contribution >= 4 is 29.3 Å². The zero-order valence-corrected chi connectivity index (χ0v) is 18.2. The molecular formula is C22H25N5O3S. The third kappa shape index (κ3) is 4.99. The van der Waals surface area contributed by atoms with E-state index in [4.69, 9.17) is 4.42 Å². The monoisotopic (exact) mass is 439 g/mol. The summed E-state index contributed by atoms with van der Waals surface area (Å²) >= 11 is 1.36. The van der Waals surface area contributed by atoms with Gasteiger partial charge in [-0.05, 0) is 43.2 Å². The van der Waals surface area contributed by atoms with Crippen LogP contribution in [-0.2, 0) is 4.79 Å². The summed E-state index contributed by atoms with van der Waals surface area (Å²) in [6.45, 7) is 0. The molecule has 0 spiro atoms. The summed E-state index contributed by atoms with van der Waals surface area (Å²) in [6, 6.07) is 10.9. The first-order valence-electron chi connectivity index (χ1n) is 10.4. The highest BCUT2D eigenvalue weighted by atomic mass is 32.2. The molecule has 8 nitrogen and oxygen atoms in total. The first kappa shape index (κ1) is 21.2. The topological polar surface area (TPSA) is 102 Å². The molecule has 0 saturated heterocycles. The van der Waals surface area contributed by atoms with Crippen molar-refractivity contribution in [2.24, 2.45) is 0 Å². The summed E-state index contributed by atoms with van der Waals surface area (Å²) in [7, 11) is 1.57. The highest BCUT2D eigenvalue weighted by Gasteiger charge is 2.25. The number of amides is 2. The van der Waals surface area contributed by atoms with Gasteiger partial charge in [0, 0.05) is 24.3 Å². The van der Waals surface area contributed by atoms with Crippen molar-refractivity contribution in [3.8, 4) is 11.6 Å². The van der Waals surface area contributed by atoms with Crippen molar-refractivity contribution in [1.82, 2.24) is 20.1 Å². The Kier molecular flexibility index (Phi) is 6.71. The summed E-state index contributed by atoms with van der Waals surface area (Å²) < 4.78 is 7.69. The number of hydrogen-bond acceptors (Lipinski definition) is 6. The number of furan rings is 1. The van der Waals surface area contributed by atoms with E-state index in [1.54, 1.807) is 37.6 Å². The lowest BCUT2D eigenvalue weighted by molar-refractivity contribution is -0.113. The van der Waals surface area contributed by atoms with Crippen LogP contribution in [-0.4, -0.2) is 39.4 Å². The van der Waals surface area contributed by atoms with Crippen molar-refractivity contribution in [2.75, 3.05) is 18.1 Å². The van der Waals surface area contributed by atoms with Gasteiger partial charge in [0.25, 0.3) is 5.91 Å². The maximum Gasteiger partial charge on any atom is 0.251 e. The molecule has 1 saturated carbocycles. The van der Waals surface area contributed by atoms with Crippen molar-refractivity contribution in [2.45, 2.75) is 43.3 Å². The molecule has 3 aromatic rings. The first-order valence-corrected chi connectivity index (χ1v) is 11.4. The van der Waals surface area contributed by atoms with Crippen LogP contribution in [0.1, 0.15) is 48.5 Å². The first-order chi connectivity index (χ1) is 15.2. The van der Waals surface area contributed by atoms with Gasteiger partial charge in [-0.15, -0.1) is 10.2 Å². The van der Waals surface area contributed by atoms with Gasteiger partial charge in [-0.3, -0.25) is 14.2 Å². The Morgan fingerprint density at radius 1 is 1.16 bits per heavy atom. The number of hydrogen-bond donors (Lipinski definition) is 2. The third-order valence-corrected chi connectivity index (χ3v) is 6.26. The van der Waals surface area contributed by atoms with Gasteiger partial charge in [0.1, 0.15) is 0 Å². The van der Waals surface area contributed by atoms with E-state index in [1.165, 1.54) is 31.0 Å². The van der Waals surface area contributed by atoms with E-state index in [0.717, 1.165) is 12.8 Å². The highest BCUT2D eigenvalue weighted by Crippen LogP contribution is 2.35. The van der Waals surface area contributed by atoms with E-state index in [1.807, 2.05) is 12.1 Å². The summed E-state index contributed by atoms with van der Waals surface area (Å²) in [5, 5.41) is 14.9. The molecule has 1 aliphatic carbocycles. The number of thioether (sulfide) groups is 1. The van der Waals surface area contributed by atoms with Crippen LogP contribution < -0.4 is 10.6 Å². The predicted molar refractivity (Wildman–Crippen MR) is 119 cm³/mol. The van der Waals surface area contributed by atoms with Gasteiger partial charge in [-0.2, -0.15) is 0 Å². The molecule has 1 aliphatic rings. The second kappa shape index (κ2) is 9.82. The second-order valence-corrected chi connectivity index (χ2v) is 8.38. The van der Waals surface area contributed by atoms with Crippen molar-refractivity contribution in [1.29, 1.82) is 0 Å². The minimum atomic E-state index is -0.198. The summed E-state index contributed by atoms with van der Waals surface area (Å²) in [6.07, 6.45) is 7.35. The maximum absolute atomic E-state index is 12.6. The van der Waals surface area contributed by atoms with Gasteiger partial charge in [0.15, 0.2) is 10.9 Å². The van der Waals surface area contributed by atoms with Crippen molar-refractivity contribution in [3.05, 3.63) is 48.2 Å². The Labute approximate surface area is 184 Å². The van der Waals surface area contributed by atoms with Gasteiger partial charge in [0.2, 0.25) is 11.7 Å². The fourth-order valence-electron chi connectivity index (χ4n) is 3.83. The Balaban J connectivity index is 1.47. The molecule has 9 heteroatoms. The minimum Gasteiger partial charge on any atom is -0.461 e. The van der Waals surface area contributed by atoms with Crippen molar-refractivity contribution in [3.63, 3.8) is 0 Å². The van der Waals surface area contributed by atoms with Gasteiger partial charge in [-0.1, -0.05) is 37.1 Å². The molecule has 2 heterocycles. The van der Waals surface area contributed by atoms with Crippen LogP contribution in [0.4, 0.5) is 5.69 Å². The quantitative estimate of drug-likeness (QED) is 0.537. The minimum absolute atomic E-state index is 0.170. The molecule has 0 bridgehead atoms. The molecular weight excluding hydrogens is 414 g/mol. The van der Waals surface area contributed by atoms with Crippen LogP contribution in [0, 0.1) is 0 Å². The summed E-state index contributed by atoms with van der Waals surface area (Å²) in [5.41, 5.74) is 1.07. The van der Waals surface area contributed by atoms with Gasteiger partial charge >= 0.3 is 0 Å². The van der Waals surface area contributed by atoms with Crippen LogP contribution in [0.25, 0.3) is 11.6 Å². The molecule has 0 aliphatic heterocycles. The van der Waals surface area contributed by atoms with Crippen LogP contribution in [0.3, 0.4) is 0 Å². The normalized spacial score (nSPS) is 14.4. The molecule has 0 unspecified atom stereocenters. The van der Waals surface area contributed by atoms with Crippen molar-refractivity contribution < 1.29 is 14.0 Å². The van der Waals surface area contributed by atoms with Crippen LogP contribution >= 0.6 is 11.8 Å². The lowest BCUT2D eigenvalue weighted by Gasteiger charge is -2.25. The SMILES string of the molecule is CNC(=O)c1cccc(NC(=O)CSc2nnc(-c3ccco3)n2C2CCCCC2)c1. The van der Waals surface area contributed by atoms with Crippen LogP contribution in [0.5, 0.6) is 0 Å². The molecule has 162 valence electrons. The Morgan fingerprint density at radius 2 is 2.00 bits per heavy atom. The fourth-order valence-corrected chi connectivity index (χ4v) is 4.63. The lowest BCUT2D eigenvalue weighted by Crippen LogP contribution is -2.19. The van der Waals surface area contributed by atoms with E-state index in [9.17, 15) is 9.59 Å². The average Bonchev–Trinajstić information content (AvgIpc) is 3.47. The third-order valence-electron chi connectivity index (χ3n) is 5.31. The highest BCUT2D eigenvalue weighted by molar-refractivity contribution is 7.99. The van der Waals surface area contributed by atoms with Crippen LogP contribution in [0.2, 0.25) is 0 Å². The number of aromatic nitrogens is 3. The molecule has 2 N–H and O–H groups in total. The van der Waals surface area contributed by atoms with E-state index in [2.05, 4.69) is 25.4 Å². The summed E-state index contributed by atoms with van der Waals surface area (Å²) in [5.74, 6) is 1.21. The average molecular weight is 440 g/mol. The number of carbonyl (C=O) groups is 2. The van der Waals surface area contributed by atoms with E-state index >= 15 is 0 Å². The molecule has 1 fully saturated rings. The Morgan fingerprint density at radius 3 is 2.74 bits per heavy atom. The van der Waals surface area contributed by atoms with Gasteiger partial charge in [0.05, 0.1) is 12.0 Å². The number of rotatable bonds is 7. The Bertz CT molecular complexity index is 1040. The largest absolute Gasteiger partial charge is 0.461 e. The molecule has 0 atom stereocenters. The van der Waals surface area contributed by atoms with Gasteiger partial charge < -0.3 is 15.1 Å².